The van der Waals surface area contributed by atoms with Crippen LogP contribution in [-0.2, 0) is 17.8 Å². The third-order valence-electron chi connectivity index (χ3n) is 3.97. The molecule has 1 aromatic carbocycles. The highest BCUT2D eigenvalue weighted by Crippen LogP contribution is 2.16. The number of hydrogen-bond acceptors (Lipinski definition) is 2. The quantitative estimate of drug-likeness (QED) is 0.872. The Morgan fingerprint density at radius 2 is 2.05 bits per heavy atom. The standard InChI is InChI=1S/C16H24N2O/c1-4-14(11(2)3)18-16(19)15-9-12-7-5-6-8-13(12)10-17-15/h5-8,11,14-15,17H,4,9-10H2,1-3H3,(H,18,19). The summed E-state index contributed by atoms with van der Waals surface area (Å²) < 4.78 is 0. The topological polar surface area (TPSA) is 41.1 Å². The normalized spacial score (nSPS) is 19.9. The molecule has 3 heteroatoms. The van der Waals surface area contributed by atoms with Crippen LogP contribution in [0.15, 0.2) is 24.3 Å². The molecule has 2 unspecified atom stereocenters. The second kappa shape index (κ2) is 6.20. The third kappa shape index (κ3) is 3.35. The number of amides is 1. The number of benzene rings is 1. The first-order valence-electron chi connectivity index (χ1n) is 7.22. The lowest BCUT2D eigenvalue weighted by Gasteiger charge is -2.28. The monoisotopic (exact) mass is 260 g/mol. The first-order chi connectivity index (χ1) is 9.11. The Bertz CT molecular complexity index is 442. The molecule has 0 saturated carbocycles. The van der Waals surface area contributed by atoms with Crippen molar-refractivity contribution in [3.8, 4) is 0 Å². The number of carbonyl (C=O) groups excluding carboxylic acids is 1. The molecule has 1 aliphatic heterocycles. The van der Waals surface area contributed by atoms with Crippen molar-refractivity contribution >= 4 is 5.91 Å². The molecule has 2 atom stereocenters. The van der Waals surface area contributed by atoms with Crippen molar-refractivity contribution in [3.63, 3.8) is 0 Å². The van der Waals surface area contributed by atoms with Crippen LogP contribution in [0.1, 0.15) is 38.3 Å². The smallest absolute Gasteiger partial charge is 0.237 e. The van der Waals surface area contributed by atoms with Gasteiger partial charge in [0, 0.05) is 12.6 Å². The molecule has 2 N–H and O–H groups in total. The Morgan fingerprint density at radius 1 is 1.37 bits per heavy atom. The van der Waals surface area contributed by atoms with Crippen LogP contribution in [0.5, 0.6) is 0 Å². The van der Waals surface area contributed by atoms with Gasteiger partial charge in [0.1, 0.15) is 0 Å². The van der Waals surface area contributed by atoms with E-state index in [-0.39, 0.29) is 18.0 Å². The fraction of sp³-hybridized carbons (Fsp3) is 0.562. The lowest BCUT2D eigenvalue weighted by molar-refractivity contribution is -0.124. The van der Waals surface area contributed by atoms with Crippen LogP contribution in [0.2, 0.25) is 0 Å². The van der Waals surface area contributed by atoms with E-state index in [1.54, 1.807) is 0 Å². The third-order valence-corrected chi connectivity index (χ3v) is 3.97. The predicted octanol–water partition coefficient (Wildman–Crippen LogP) is 2.25. The summed E-state index contributed by atoms with van der Waals surface area (Å²) in [5, 5.41) is 6.50. The highest BCUT2D eigenvalue weighted by molar-refractivity contribution is 5.82. The zero-order valence-electron chi connectivity index (χ0n) is 12.1. The van der Waals surface area contributed by atoms with E-state index in [0.717, 1.165) is 19.4 Å². The van der Waals surface area contributed by atoms with Gasteiger partial charge in [0.2, 0.25) is 5.91 Å². The molecule has 0 fully saturated rings. The molecule has 1 amide bonds. The van der Waals surface area contributed by atoms with Crippen molar-refractivity contribution in [3.05, 3.63) is 35.4 Å². The summed E-state index contributed by atoms with van der Waals surface area (Å²) in [7, 11) is 0. The summed E-state index contributed by atoms with van der Waals surface area (Å²) in [4.78, 5) is 12.3. The summed E-state index contributed by atoms with van der Waals surface area (Å²) in [6.07, 6.45) is 1.77. The van der Waals surface area contributed by atoms with E-state index >= 15 is 0 Å². The van der Waals surface area contributed by atoms with Gasteiger partial charge in [-0.05, 0) is 29.9 Å². The molecule has 0 saturated heterocycles. The molecule has 0 radical (unpaired) electrons. The van der Waals surface area contributed by atoms with E-state index in [0.29, 0.717) is 5.92 Å². The second-order valence-electron chi connectivity index (χ2n) is 5.67. The van der Waals surface area contributed by atoms with Gasteiger partial charge in [-0.3, -0.25) is 4.79 Å². The van der Waals surface area contributed by atoms with Gasteiger partial charge >= 0.3 is 0 Å². The molecular formula is C16H24N2O. The van der Waals surface area contributed by atoms with Gasteiger partial charge in [-0.15, -0.1) is 0 Å². The average molecular weight is 260 g/mol. The van der Waals surface area contributed by atoms with Crippen LogP contribution >= 0.6 is 0 Å². The maximum absolute atomic E-state index is 12.3. The maximum Gasteiger partial charge on any atom is 0.237 e. The van der Waals surface area contributed by atoms with E-state index in [1.165, 1.54) is 11.1 Å². The molecule has 3 nitrogen and oxygen atoms in total. The minimum absolute atomic E-state index is 0.0947. The van der Waals surface area contributed by atoms with Crippen molar-refractivity contribution < 1.29 is 4.79 Å². The van der Waals surface area contributed by atoms with Crippen LogP contribution in [-0.4, -0.2) is 18.0 Å². The van der Waals surface area contributed by atoms with E-state index in [9.17, 15) is 4.79 Å². The van der Waals surface area contributed by atoms with Crippen LogP contribution < -0.4 is 10.6 Å². The number of carbonyl (C=O) groups is 1. The van der Waals surface area contributed by atoms with Gasteiger partial charge < -0.3 is 10.6 Å². The highest BCUT2D eigenvalue weighted by Gasteiger charge is 2.25. The molecule has 0 aromatic heterocycles. The molecule has 1 aromatic rings. The minimum atomic E-state index is -0.0947. The number of hydrogen-bond donors (Lipinski definition) is 2. The van der Waals surface area contributed by atoms with Crippen LogP contribution in [0.25, 0.3) is 0 Å². The largest absolute Gasteiger partial charge is 0.352 e. The van der Waals surface area contributed by atoms with Crippen molar-refractivity contribution in [2.24, 2.45) is 5.92 Å². The maximum atomic E-state index is 12.3. The first kappa shape index (κ1) is 14.1. The molecule has 19 heavy (non-hydrogen) atoms. The summed E-state index contributed by atoms with van der Waals surface area (Å²) in [5.41, 5.74) is 2.60. The summed E-state index contributed by atoms with van der Waals surface area (Å²) in [5.74, 6) is 0.611. The molecule has 0 spiro atoms. The first-order valence-corrected chi connectivity index (χ1v) is 7.22. The van der Waals surface area contributed by atoms with Crippen LogP contribution in [0.3, 0.4) is 0 Å². The Morgan fingerprint density at radius 3 is 2.68 bits per heavy atom. The Labute approximate surface area is 115 Å². The van der Waals surface area contributed by atoms with Crippen molar-refractivity contribution in [2.75, 3.05) is 0 Å². The van der Waals surface area contributed by atoms with Gasteiger partial charge in [-0.2, -0.15) is 0 Å². The molecule has 0 aliphatic carbocycles. The molecule has 1 aliphatic rings. The zero-order chi connectivity index (χ0) is 13.8. The minimum Gasteiger partial charge on any atom is -0.352 e. The number of fused-ring (bicyclic) bond motifs is 1. The summed E-state index contributed by atoms with van der Waals surface area (Å²) >= 11 is 0. The van der Waals surface area contributed by atoms with E-state index in [1.807, 2.05) is 12.1 Å². The van der Waals surface area contributed by atoms with Crippen molar-refractivity contribution in [1.82, 2.24) is 10.6 Å². The van der Waals surface area contributed by atoms with Crippen LogP contribution in [0.4, 0.5) is 0 Å². The SMILES string of the molecule is CCC(NC(=O)C1Cc2ccccc2CN1)C(C)C. The lowest BCUT2D eigenvalue weighted by atomic mass is 9.94. The molecule has 1 heterocycles. The second-order valence-corrected chi connectivity index (χ2v) is 5.67. The van der Waals surface area contributed by atoms with Crippen molar-refractivity contribution in [1.29, 1.82) is 0 Å². The van der Waals surface area contributed by atoms with Gasteiger partial charge in [-0.1, -0.05) is 45.0 Å². The van der Waals surface area contributed by atoms with E-state index in [4.69, 9.17) is 0 Å². The Hall–Kier alpha value is -1.35. The number of rotatable bonds is 4. The number of nitrogens with one attached hydrogen (secondary N) is 2. The van der Waals surface area contributed by atoms with Gasteiger partial charge in [0.15, 0.2) is 0 Å². The Balaban J connectivity index is 1.99. The zero-order valence-corrected chi connectivity index (χ0v) is 12.1. The molecule has 104 valence electrons. The summed E-state index contributed by atoms with van der Waals surface area (Å²) in [6, 6.07) is 8.51. The lowest BCUT2D eigenvalue weighted by Crippen LogP contribution is -2.51. The van der Waals surface area contributed by atoms with Gasteiger partial charge in [0.25, 0.3) is 0 Å². The molecule has 2 rings (SSSR count). The molecule has 0 bridgehead atoms. The van der Waals surface area contributed by atoms with Gasteiger partial charge in [-0.25, -0.2) is 0 Å². The fourth-order valence-corrected chi connectivity index (χ4v) is 2.66. The Kier molecular flexibility index (Phi) is 4.59. The highest BCUT2D eigenvalue weighted by atomic mass is 16.2. The summed E-state index contributed by atoms with van der Waals surface area (Å²) in [6.45, 7) is 7.21. The van der Waals surface area contributed by atoms with E-state index in [2.05, 4.69) is 43.5 Å². The van der Waals surface area contributed by atoms with Gasteiger partial charge in [0.05, 0.1) is 6.04 Å². The predicted molar refractivity (Wildman–Crippen MR) is 77.8 cm³/mol. The van der Waals surface area contributed by atoms with E-state index < -0.39 is 0 Å². The molecular weight excluding hydrogens is 236 g/mol. The van der Waals surface area contributed by atoms with Crippen molar-refractivity contribution in [2.45, 2.75) is 52.2 Å². The fourth-order valence-electron chi connectivity index (χ4n) is 2.66. The van der Waals surface area contributed by atoms with Crippen LogP contribution in [0, 0.1) is 5.92 Å². The average Bonchev–Trinajstić information content (AvgIpc) is 2.43.